The van der Waals surface area contributed by atoms with Crippen LogP contribution in [0.25, 0.3) is 0 Å². The van der Waals surface area contributed by atoms with Crippen molar-refractivity contribution in [3.63, 3.8) is 0 Å². The molecular weight excluding hydrogens is 544 g/mol. The van der Waals surface area contributed by atoms with Crippen molar-refractivity contribution in [1.29, 1.82) is 10.5 Å². The summed E-state index contributed by atoms with van der Waals surface area (Å²) in [5.74, 6) is 0. The summed E-state index contributed by atoms with van der Waals surface area (Å²) in [4.78, 5) is 2.77. The fraction of sp³-hybridized carbons (Fsp3) is 0.636. The molecule has 230 valence electrons. The third-order valence-corrected chi connectivity index (χ3v) is 9.46. The van der Waals surface area contributed by atoms with Crippen molar-refractivity contribution in [2.24, 2.45) is 10.2 Å². The lowest BCUT2D eigenvalue weighted by molar-refractivity contribution is -0.924. The van der Waals surface area contributed by atoms with Crippen molar-refractivity contribution < 1.29 is 14.0 Å². The van der Waals surface area contributed by atoms with E-state index >= 15 is 0 Å². The second-order valence-electron chi connectivity index (χ2n) is 12.1. The first-order valence-electron chi connectivity index (χ1n) is 15.1. The maximum atomic E-state index is 9.47. The number of likely N-dealkylation sites (N-methyl/N-ethyl adjacent to an activating group) is 1. The van der Waals surface area contributed by atoms with Gasteiger partial charge in [0, 0.05) is 25.2 Å². The van der Waals surface area contributed by atoms with E-state index in [4.69, 9.17) is 9.47 Å². The molecule has 0 amide bonds. The zero-order chi connectivity index (χ0) is 31.6. The minimum atomic E-state index is -0.392. The topological polar surface area (TPSA) is 94.0 Å². The van der Waals surface area contributed by atoms with Gasteiger partial charge in [-0.3, -0.25) is 0 Å². The second-order valence-corrected chi connectivity index (χ2v) is 13.1. The smallest absolute Gasteiger partial charge is 0.158 e. The maximum absolute atomic E-state index is 9.47. The number of thiophene rings is 1. The van der Waals surface area contributed by atoms with E-state index < -0.39 is 5.60 Å². The van der Waals surface area contributed by atoms with Gasteiger partial charge >= 0.3 is 0 Å². The molecule has 0 saturated carbocycles. The van der Waals surface area contributed by atoms with E-state index in [0.717, 1.165) is 67.1 Å². The molecule has 0 unspecified atom stereocenters. The van der Waals surface area contributed by atoms with Crippen LogP contribution in [-0.2, 0) is 9.47 Å². The van der Waals surface area contributed by atoms with Crippen molar-refractivity contribution in [1.82, 2.24) is 0 Å². The standard InChI is InChI=1S/C33H51N6O2S/c1-11-38(18-20-40-33(9,10)24-41-32(7,8)17-19-39(12-2,13-3)14-4)27-15-16-29(25(5)21-27)36-37-31-28(22-34)26(6)30(23-35)42-31/h15-16,21H,11-14,17-20,24H2,1-10H3/q+1. The van der Waals surface area contributed by atoms with Gasteiger partial charge in [-0.1, -0.05) is 0 Å². The van der Waals surface area contributed by atoms with Gasteiger partial charge in [-0.05, 0) is 98.6 Å². The Morgan fingerprint density at radius 3 is 2.14 bits per heavy atom. The molecule has 1 heterocycles. The van der Waals surface area contributed by atoms with Crippen LogP contribution in [-0.4, -0.2) is 68.2 Å². The fourth-order valence-corrected chi connectivity index (χ4v) is 5.77. The lowest BCUT2D eigenvalue weighted by Crippen LogP contribution is -2.50. The number of rotatable bonds is 17. The van der Waals surface area contributed by atoms with Crippen molar-refractivity contribution in [3.05, 3.63) is 39.8 Å². The molecule has 0 radical (unpaired) electrons. The first kappa shape index (κ1) is 35.4. The largest absolute Gasteiger partial charge is 0.372 e. The Balaban J connectivity index is 1.96. The summed E-state index contributed by atoms with van der Waals surface area (Å²) in [7, 11) is 0. The predicted octanol–water partition coefficient (Wildman–Crippen LogP) is 8.21. The molecule has 2 aromatic rings. The van der Waals surface area contributed by atoms with Gasteiger partial charge < -0.3 is 18.9 Å². The third kappa shape index (κ3) is 9.61. The van der Waals surface area contributed by atoms with Crippen LogP contribution in [0.1, 0.15) is 83.4 Å². The number of nitrogens with zero attached hydrogens (tertiary/aromatic N) is 6. The number of quaternary nitrogens is 1. The number of nitriles is 2. The van der Waals surface area contributed by atoms with Crippen LogP contribution in [0.15, 0.2) is 28.4 Å². The molecule has 0 N–H and O–H groups in total. The average molecular weight is 596 g/mol. The second kappa shape index (κ2) is 15.6. The number of anilines is 1. The van der Waals surface area contributed by atoms with Crippen molar-refractivity contribution >= 4 is 27.7 Å². The molecule has 0 atom stereocenters. The van der Waals surface area contributed by atoms with Gasteiger partial charge in [-0.15, -0.1) is 21.6 Å². The van der Waals surface area contributed by atoms with Gasteiger partial charge in [0.15, 0.2) is 5.00 Å². The van der Waals surface area contributed by atoms with Crippen LogP contribution in [0.3, 0.4) is 0 Å². The maximum Gasteiger partial charge on any atom is 0.158 e. The van der Waals surface area contributed by atoms with Gasteiger partial charge in [0.25, 0.3) is 0 Å². The highest BCUT2D eigenvalue weighted by Gasteiger charge is 2.30. The summed E-state index contributed by atoms with van der Waals surface area (Å²) >= 11 is 1.19. The van der Waals surface area contributed by atoms with E-state index in [2.05, 4.69) is 88.7 Å². The molecule has 0 fully saturated rings. The number of hydrogen-bond acceptors (Lipinski definition) is 8. The third-order valence-electron chi connectivity index (χ3n) is 8.38. The van der Waals surface area contributed by atoms with Gasteiger partial charge in [-0.25, -0.2) is 0 Å². The minimum Gasteiger partial charge on any atom is -0.372 e. The van der Waals surface area contributed by atoms with Crippen molar-refractivity contribution in [2.75, 3.05) is 57.4 Å². The Morgan fingerprint density at radius 2 is 1.60 bits per heavy atom. The number of aryl methyl sites for hydroxylation is 1. The van der Waals surface area contributed by atoms with Crippen LogP contribution < -0.4 is 4.90 Å². The molecule has 2 rings (SSSR count). The molecule has 42 heavy (non-hydrogen) atoms. The number of hydrogen-bond donors (Lipinski definition) is 0. The molecule has 0 bridgehead atoms. The first-order chi connectivity index (χ1) is 19.8. The van der Waals surface area contributed by atoms with Gasteiger partial charge in [0.2, 0.25) is 0 Å². The average Bonchev–Trinajstić information content (AvgIpc) is 3.28. The van der Waals surface area contributed by atoms with E-state index in [1.165, 1.54) is 11.3 Å². The van der Waals surface area contributed by atoms with Crippen LogP contribution in [0.2, 0.25) is 0 Å². The lowest BCUT2D eigenvalue weighted by Gasteiger charge is -2.39. The molecule has 9 heteroatoms. The van der Waals surface area contributed by atoms with Crippen LogP contribution >= 0.6 is 11.3 Å². The Hall–Kier alpha value is -2.82. The molecule has 1 aromatic heterocycles. The minimum absolute atomic E-state index is 0.202. The Kier molecular flexibility index (Phi) is 13.1. The number of ether oxygens (including phenoxy) is 2. The van der Waals surface area contributed by atoms with Gasteiger partial charge in [0.05, 0.1) is 61.8 Å². The SMILES string of the molecule is CCN(CCOC(C)(C)COC(C)(C)CC[N+](CC)(CC)CC)c1ccc(N=Nc2sc(C#N)c(C)c2C#N)c(C)c1. The molecule has 1 aromatic carbocycles. The van der Waals surface area contributed by atoms with Crippen LogP contribution in [0, 0.1) is 36.5 Å². The summed E-state index contributed by atoms with van der Waals surface area (Å²) in [5, 5.41) is 27.9. The molecule has 0 aliphatic carbocycles. The summed E-state index contributed by atoms with van der Waals surface area (Å²) < 4.78 is 13.9. The van der Waals surface area contributed by atoms with Crippen LogP contribution in [0.4, 0.5) is 16.4 Å². The normalized spacial score (nSPS) is 12.5. The highest BCUT2D eigenvalue weighted by Crippen LogP contribution is 2.36. The zero-order valence-corrected chi connectivity index (χ0v) is 28.3. The highest BCUT2D eigenvalue weighted by atomic mass is 32.1. The van der Waals surface area contributed by atoms with Gasteiger partial charge in [0.1, 0.15) is 17.0 Å². The zero-order valence-electron chi connectivity index (χ0n) is 27.5. The molecule has 0 aliphatic rings. The monoisotopic (exact) mass is 595 g/mol. The quantitative estimate of drug-likeness (QED) is 0.136. The summed E-state index contributed by atoms with van der Waals surface area (Å²) in [6.45, 7) is 28.6. The number of benzene rings is 1. The Morgan fingerprint density at radius 1 is 0.929 bits per heavy atom. The molecule has 0 aliphatic heterocycles. The Labute approximate surface area is 258 Å². The van der Waals surface area contributed by atoms with Crippen molar-refractivity contribution in [2.45, 2.75) is 86.9 Å². The van der Waals surface area contributed by atoms with E-state index in [-0.39, 0.29) is 5.60 Å². The van der Waals surface area contributed by atoms with E-state index in [9.17, 15) is 10.5 Å². The van der Waals surface area contributed by atoms with E-state index in [1.54, 1.807) is 6.92 Å². The summed E-state index contributed by atoms with van der Waals surface area (Å²) in [6.07, 6.45) is 1.02. The van der Waals surface area contributed by atoms with E-state index in [1.807, 2.05) is 19.1 Å². The highest BCUT2D eigenvalue weighted by molar-refractivity contribution is 7.16. The van der Waals surface area contributed by atoms with E-state index in [0.29, 0.717) is 34.2 Å². The summed E-state index contributed by atoms with van der Waals surface area (Å²) in [5.41, 5.74) is 3.28. The van der Waals surface area contributed by atoms with Crippen molar-refractivity contribution in [3.8, 4) is 12.1 Å². The molecular formula is C33H51N6O2S+. The fourth-order valence-electron chi connectivity index (χ4n) is 4.89. The molecule has 8 nitrogen and oxygen atoms in total. The molecule has 0 saturated heterocycles. The molecule has 0 spiro atoms. The Bertz CT molecular complexity index is 1270. The summed E-state index contributed by atoms with van der Waals surface area (Å²) in [6, 6.07) is 10.3. The van der Waals surface area contributed by atoms with Crippen LogP contribution in [0.5, 0.6) is 0 Å². The lowest BCUT2D eigenvalue weighted by atomic mass is 10.0. The number of azo groups is 1. The predicted molar refractivity (Wildman–Crippen MR) is 173 cm³/mol. The first-order valence-corrected chi connectivity index (χ1v) is 15.9. The van der Waals surface area contributed by atoms with Gasteiger partial charge in [-0.2, -0.15) is 10.5 Å².